The van der Waals surface area contributed by atoms with E-state index in [0.29, 0.717) is 22.8 Å². The fourth-order valence-electron chi connectivity index (χ4n) is 2.44. The van der Waals surface area contributed by atoms with Crippen LogP contribution in [0.15, 0.2) is 47.8 Å². The molecular weight excluding hydrogens is 352 g/mol. The maximum Gasteiger partial charge on any atom is 0.338 e. The Labute approximate surface area is 154 Å². The van der Waals surface area contributed by atoms with Gasteiger partial charge in [-0.3, -0.25) is 0 Å². The number of nitrogens with one attached hydrogen (secondary N) is 1. The molecule has 0 amide bonds. The second kappa shape index (κ2) is 7.05. The summed E-state index contributed by atoms with van der Waals surface area (Å²) in [5.41, 5.74) is 3.28. The first-order chi connectivity index (χ1) is 12.7. The Morgan fingerprint density at radius 2 is 2.00 bits per heavy atom. The lowest BCUT2D eigenvalue weighted by Crippen LogP contribution is -2.05. The van der Waals surface area contributed by atoms with E-state index < -0.39 is 5.97 Å². The highest BCUT2D eigenvalue weighted by Gasteiger charge is 2.17. The van der Waals surface area contributed by atoms with Gasteiger partial charge in [0.25, 0.3) is 0 Å². The lowest BCUT2D eigenvalue weighted by molar-refractivity contribution is 0.0468. The molecule has 1 aliphatic rings. The first-order valence-corrected chi connectivity index (χ1v) is 8.90. The van der Waals surface area contributed by atoms with Crippen LogP contribution in [0.5, 0.6) is 11.5 Å². The highest BCUT2D eigenvalue weighted by molar-refractivity contribution is 7.13. The molecule has 4 rings (SSSR count). The van der Waals surface area contributed by atoms with Gasteiger partial charge >= 0.3 is 5.97 Å². The Bertz CT molecular complexity index is 937. The van der Waals surface area contributed by atoms with Crippen molar-refractivity contribution in [1.29, 1.82) is 0 Å². The summed E-state index contributed by atoms with van der Waals surface area (Å²) in [6.07, 6.45) is 0. The minimum atomic E-state index is -0.427. The molecule has 0 spiro atoms. The molecule has 0 saturated carbocycles. The zero-order valence-electron chi connectivity index (χ0n) is 14.0. The van der Waals surface area contributed by atoms with Crippen LogP contribution in [0.3, 0.4) is 0 Å². The number of anilines is 2. The van der Waals surface area contributed by atoms with Gasteiger partial charge in [0.2, 0.25) is 6.79 Å². The molecule has 0 aliphatic carbocycles. The van der Waals surface area contributed by atoms with Crippen molar-refractivity contribution in [1.82, 2.24) is 4.98 Å². The van der Waals surface area contributed by atoms with Gasteiger partial charge in [0.15, 0.2) is 16.6 Å². The fraction of sp³-hybridized carbons (Fsp3) is 0.158. The van der Waals surface area contributed by atoms with Crippen molar-refractivity contribution in [3.8, 4) is 11.5 Å². The normalized spacial score (nSPS) is 12.0. The number of aryl methyl sites for hydroxylation is 1. The molecule has 0 radical (unpaired) electrons. The number of carbonyl (C=O) groups excluding carboxylic acids is 1. The molecule has 0 unspecified atom stereocenters. The van der Waals surface area contributed by atoms with Gasteiger partial charge in [-0.2, -0.15) is 0 Å². The molecule has 132 valence electrons. The molecule has 1 N–H and O–H groups in total. The van der Waals surface area contributed by atoms with Crippen molar-refractivity contribution in [2.75, 3.05) is 12.1 Å². The second-order valence-electron chi connectivity index (χ2n) is 5.78. The van der Waals surface area contributed by atoms with Crippen LogP contribution >= 0.6 is 11.3 Å². The van der Waals surface area contributed by atoms with Crippen molar-refractivity contribution >= 4 is 28.1 Å². The van der Waals surface area contributed by atoms with Gasteiger partial charge in [-0.25, -0.2) is 9.78 Å². The van der Waals surface area contributed by atoms with Crippen LogP contribution < -0.4 is 14.8 Å². The van der Waals surface area contributed by atoms with E-state index >= 15 is 0 Å². The first kappa shape index (κ1) is 16.4. The number of thiazole rings is 1. The summed E-state index contributed by atoms with van der Waals surface area (Å²) in [7, 11) is 0. The summed E-state index contributed by atoms with van der Waals surface area (Å²) in [6.45, 7) is 2.32. The third-order valence-corrected chi connectivity index (χ3v) is 4.62. The third kappa shape index (κ3) is 3.62. The van der Waals surface area contributed by atoms with Crippen molar-refractivity contribution in [2.24, 2.45) is 0 Å². The molecule has 1 aliphatic heterocycles. The van der Waals surface area contributed by atoms with E-state index in [1.165, 1.54) is 16.9 Å². The summed E-state index contributed by atoms with van der Waals surface area (Å²) in [4.78, 5) is 16.6. The lowest BCUT2D eigenvalue weighted by atomic mass is 10.2. The van der Waals surface area contributed by atoms with Crippen molar-refractivity contribution in [3.05, 3.63) is 64.7 Å². The standard InChI is InChI=1S/C19H16N2O4S/c1-12-2-5-14(6-3-12)20-19-21-15(10-26-19)9-23-18(22)13-4-7-16-17(8-13)25-11-24-16/h2-8,10H,9,11H2,1H3,(H,20,21). The van der Waals surface area contributed by atoms with E-state index in [2.05, 4.69) is 10.3 Å². The first-order valence-electron chi connectivity index (χ1n) is 8.02. The summed E-state index contributed by atoms with van der Waals surface area (Å²) < 4.78 is 15.8. The van der Waals surface area contributed by atoms with Gasteiger partial charge in [-0.15, -0.1) is 11.3 Å². The molecular formula is C19H16N2O4S. The molecule has 2 heterocycles. The van der Waals surface area contributed by atoms with Crippen LogP contribution in [-0.4, -0.2) is 17.7 Å². The number of carbonyl (C=O) groups is 1. The molecule has 0 saturated heterocycles. The monoisotopic (exact) mass is 368 g/mol. The zero-order chi connectivity index (χ0) is 17.9. The van der Waals surface area contributed by atoms with Gasteiger partial charge < -0.3 is 19.5 Å². The zero-order valence-corrected chi connectivity index (χ0v) is 14.8. The second-order valence-corrected chi connectivity index (χ2v) is 6.64. The fourth-order valence-corrected chi connectivity index (χ4v) is 3.15. The predicted octanol–water partition coefficient (Wildman–Crippen LogP) is 4.28. The van der Waals surface area contributed by atoms with E-state index in [-0.39, 0.29) is 13.4 Å². The van der Waals surface area contributed by atoms with E-state index in [1.807, 2.05) is 36.6 Å². The number of esters is 1. The minimum Gasteiger partial charge on any atom is -0.456 e. The predicted molar refractivity (Wildman–Crippen MR) is 98.3 cm³/mol. The molecule has 1 aromatic heterocycles. The van der Waals surface area contributed by atoms with Gasteiger partial charge in [-0.05, 0) is 37.3 Å². The van der Waals surface area contributed by atoms with E-state index in [1.54, 1.807) is 18.2 Å². The molecule has 3 aromatic rings. The molecule has 0 atom stereocenters. The van der Waals surface area contributed by atoms with Gasteiger partial charge in [0.1, 0.15) is 6.61 Å². The number of hydrogen-bond donors (Lipinski definition) is 1. The average Bonchev–Trinajstić information content (AvgIpc) is 3.30. The number of rotatable bonds is 5. The van der Waals surface area contributed by atoms with E-state index in [4.69, 9.17) is 14.2 Å². The van der Waals surface area contributed by atoms with Crippen LogP contribution in [0.4, 0.5) is 10.8 Å². The smallest absolute Gasteiger partial charge is 0.338 e. The maximum absolute atomic E-state index is 12.2. The number of benzene rings is 2. The minimum absolute atomic E-state index is 0.110. The molecule has 0 bridgehead atoms. The van der Waals surface area contributed by atoms with Gasteiger partial charge in [-0.1, -0.05) is 17.7 Å². The molecule has 2 aromatic carbocycles. The Morgan fingerprint density at radius 3 is 2.85 bits per heavy atom. The number of ether oxygens (including phenoxy) is 3. The Kier molecular flexibility index (Phi) is 4.45. The van der Waals surface area contributed by atoms with Gasteiger partial charge in [0, 0.05) is 11.1 Å². The Balaban J connectivity index is 1.35. The highest BCUT2D eigenvalue weighted by Crippen LogP contribution is 2.32. The maximum atomic E-state index is 12.2. The number of nitrogens with zero attached hydrogens (tertiary/aromatic N) is 1. The third-order valence-electron chi connectivity index (χ3n) is 3.81. The summed E-state index contributed by atoms with van der Waals surface area (Å²) >= 11 is 1.46. The SMILES string of the molecule is Cc1ccc(Nc2nc(COC(=O)c3ccc4c(c3)OCO4)cs2)cc1. The summed E-state index contributed by atoms with van der Waals surface area (Å²) in [5.74, 6) is 0.759. The Morgan fingerprint density at radius 1 is 1.19 bits per heavy atom. The van der Waals surface area contributed by atoms with Crippen LogP contribution in [0.2, 0.25) is 0 Å². The largest absolute Gasteiger partial charge is 0.456 e. The number of aromatic nitrogens is 1. The average molecular weight is 368 g/mol. The summed E-state index contributed by atoms with van der Waals surface area (Å²) in [5, 5.41) is 5.85. The molecule has 7 heteroatoms. The van der Waals surface area contributed by atoms with Crippen molar-refractivity contribution < 1.29 is 19.0 Å². The molecule has 26 heavy (non-hydrogen) atoms. The van der Waals surface area contributed by atoms with Crippen LogP contribution in [0.1, 0.15) is 21.6 Å². The van der Waals surface area contributed by atoms with E-state index in [9.17, 15) is 4.79 Å². The van der Waals surface area contributed by atoms with Crippen molar-refractivity contribution in [2.45, 2.75) is 13.5 Å². The Hall–Kier alpha value is -3.06. The van der Waals surface area contributed by atoms with Crippen LogP contribution in [0, 0.1) is 6.92 Å². The van der Waals surface area contributed by atoms with E-state index in [0.717, 1.165) is 10.8 Å². The molecule has 0 fully saturated rings. The number of fused-ring (bicyclic) bond motifs is 1. The van der Waals surface area contributed by atoms with Crippen LogP contribution in [-0.2, 0) is 11.3 Å². The lowest BCUT2D eigenvalue weighted by Gasteiger charge is -2.04. The van der Waals surface area contributed by atoms with Crippen LogP contribution in [0.25, 0.3) is 0 Å². The summed E-state index contributed by atoms with van der Waals surface area (Å²) in [6, 6.07) is 13.0. The topological polar surface area (TPSA) is 69.7 Å². The quantitative estimate of drug-likeness (QED) is 0.678. The van der Waals surface area contributed by atoms with Gasteiger partial charge in [0.05, 0.1) is 11.3 Å². The molecule has 6 nitrogen and oxygen atoms in total. The highest BCUT2D eigenvalue weighted by atomic mass is 32.1. The number of hydrogen-bond acceptors (Lipinski definition) is 7. The van der Waals surface area contributed by atoms with Crippen molar-refractivity contribution in [3.63, 3.8) is 0 Å².